The number of aromatic nitrogens is 2. The fraction of sp³-hybridized carbons (Fsp3) is 0.571. The fourth-order valence-electron chi connectivity index (χ4n) is 1.57. The van der Waals surface area contributed by atoms with Crippen molar-refractivity contribution in [2.75, 3.05) is 6.61 Å². The summed E-state index contributed by atoms with van der Waals surface area (Å²) in [7, 11) is 0. The van der Waals surface area contributed by atoms with E-state index in [0.29, 0.717) is 5.69 Å². The fourth-order valence-corrected chi connectivity index (χ4v) is 1.57. The molecule has 0 radical (unpaired) electrons. The van der Waals surface area contributed by atoms with Gasteiger partial charge < -0.3 is 19.9 Å². The van der Waals surface area contributed by atoms with Crippen molar-refractivity contribution in [2.24, 2.45) is 0 Å². The average molecular weight is 170 g/mol. The topological polar surface area (TPSA) is 78.5 Å². The van der Waals surface area contributed by atoms with Crippen LogP contribution in [-0.2, 0) is 0 Å². The van der Waals surface area contributed by atoms with Crippen LogP contribution in [-0.4, -0.2) is 37.6 Å². The summed E-state index contributed by atoms with van der Waals surface area (Å²) in [6.45, 7) is -0.193. The standard InChI is InChI=1S/C7H10N2O3/c10-2-5-7(12)6(11)4-1-8-3-9(4)5/h1,3,5-7,10-12H,2H2/t5-,6+,7-/m0/s1. The van der Waals surface area contributed by atoms with Crippen LogP contribution in [0.1, 0.15) is 17.8 Å². The van der Waals surface area contributed by atoms with Crippen LogP contribution < -0.4 is 0 Å². The maximum absolute atomic E-state index is 9.42. The smallest absolute Gasteiger partial charge is 0.123 e. The van der Waals surface area contributed by atoms with Gasteiger partial charge in [0.05, 0.1) is 30.9 Å². The van der Waals surface area contributed by atoms with Gasteiger partial charge in [-0.1, -0.05) is 0 Å². The van der Waals surface area contributed by atoms with Crippen LogP contribution in [0.2, 0.25) is 0 Å². The van der Waals surface area contributed by atoms with E-state index in [2.05, 4.69) is 4.98 Å². The van der Waals surface area contributed by atoms with Crippen LogP contribution in [0.4, 0.5) is 0 Å². The molecule has 0 aromatic carbocycles. The van der Waals surface area contributed by atoms with Crippen molar-refractivity contribution < 1.29 is 15.3 Å². The van der Waals surface area contributed by atoms with E-state index in [9.17, 15) is 10.2 Å². The summed E-state index contributed by atoms with van der Waals surface area (Å²) >= 11 is 0. The van der Waals surface area contributed by atoms with Crippen molar-refractivity contribution >= 4 is 0 Å². The Bertz CT molecular complexity index is 286. The number of hydrogen-bond donors (Lipinski definition) is 3. The summed E-state index contributed by atoms with van der Waals surface area (Å²) < 4.78 is 1.59. The molecule has 5 heteroatoms. The lowest BCUT2D eigenvalue weighted by molar-refractivity contribution is -0.00109. The molecule has 2 heterocycles. The average Bonchev–Trinajstić information content (AvgIpc) is 2.59. The van der Waals surface area contributed by atoms with E-state index in [0.717, 1.165) is 0 Å². The highest BCUT2D eigenvalue weighted by molar-refractivity contribution is 5.13. The predicted octanol–water partition coefficient (Wildman–Crippen LogP) is -1.18. The van der Waals surface area contributed by atoms with Crippen LogP contribution in [0.15, 0.2) is 12.5 Å². The van der Waals surface area contributed by atoms with Crippen molar-refractivity contribution in [1.82, 2.24) is 9.55 Å². The van der Waals surface area contributed by atoms with Crippen LogP contribution in [0.3, 0.4) is 0 Å². The van der Waals surface area contributed by atoms with E-state index >= 15 is 0 Å². The molecule has 2 rings (SSSR count). The summed E-state index contributed by atoms with van der Waals surface area (Å²) in [6.07, 6.45) is 1.14. The number of imidazole rings is 1. The Kier molecular flexibility index (Phi) is 1.64. The summed E-state index contributed by atoms with van der Waals surface area (Å²) in [4.78, 5) is 3.81. The minimum Gasteiger partial charge on any atom is -0.394 e. The molecule has 0 unspecified atom stereocenters. The van der Waals surface area contributed by atoms with Gasteiger partial charge in [-0.2, -0.15) is 0 Å². The number of hydrogen-bond acceptors (Lipinski definition) is 4. The molecule has 3 atom stereocenters. The lowest BCUT2D eigenvalue weighted by atomic mass is 10.1. The quantitative estimate of drug-likeness (QED) is 0.496. The zero-order valence-corrected chi connectivity index (χ0v) is 6.33. The molecule has 0 bridgehead atoms. The molecular formula is C7H10N2O3. The molecule has 1 aromatic heterocycles. The number of nitrogens with zero attached hydrogens (tertiary/aromatic N) is 2. The number of aliphatic hydroxyl groups is 3. The molecule has 66 valence electrons. The third kappa shape index (κ3) is 0.811. The number of aliphatic hydroxyl groups excluding tert-OH is 3. The van der Waals surface area contributed by atoms with Gasteiger partial charge in [-0.15, -0.1) is 0 Å². The zero-order valence-electron chi connectivity index (χ0n) is 6.33. The van der Waals surface area contributed by atoms with Crippen molar-refractivity contribution in [3.05, 3.63) is 18.2 Å². The van der Waals surface area contributed by atoms with Crippen LogP contribution in [0.5, 0.6) is 0 Å². The lowest BCUT2D eigenvalue weighted by Gasteiger charge is -2.14. The molecular weight excluding hydrogens is 160 g/mol. The molecule has 1 aromatic rings. The molecule has 0 aliphatic carbocycles. The van der Waals surface area contributed by atoms with E-state index in [1.165, 1.54) is 12.5 Å². The van der Waals surface area contributed by atoms with Crippen molar-refractivity contribution in [3.63, 3.8) is 0 Å². The van der Waals surface area contributed by atoms with E-state index in [1.54, 1.807) is 4.57 Å². The lowest BCUT2D eigenvalue weighted by Crippen LogP contribution is -2.23. The SMILES string of the molecule is OC[C@H]1[C@H](O)[C@H](O)c2cncn21. The first-order valence-electron chi connectivity index (χ1n) is 3.74. The first kappa shape index (κ1) is 7.72. The maximum atomic E-state index is 9.42. The van der Waals surface area contributed by atoms with Crippen molar-refractivity contribution in [1.29, 1.82) is 0 Å². The van der Waals surface area contributed by atoms with E-state index in [4.69, 9.17) is 5.11 Å². The highest BCUT2D eigenvalue weighted by Gasteiger charge is 2.38. The van der Waals surface area contributed by atoms with Gasteiger partial charge in [0.15, 0.2) is 0 Å². The Hall–Kier alpha value is -0.910. The molecule has 1 aliphatic heterocycles. The van der Waals surface area contributed by atoms with Crippen LogP contribution >= 0.6 is 0 Å². The van der Waals surface area contributed by atoms with Gasteiger partial charge in [0.25, 0.3) is 0 Å². The first-order valence-corrected chi connectivity index (χ1v) is 3.74. The zero-order chi connectivity index (χ0) is 8.72. The molecule has 0 amide bonds. The van der Waals surface area contributed by atoms with Gasteiger partial charge in [-0.05, 0) is 0 Å². The van der Waals surface area contributed by atoms with E-state index in [1.807, 2.05) is 0 Å². The Morgan fingerprint density at radius 2 is 2.25 bits per heavy atom. The number of rotatable bonds is 1. The Morgan fingerprint density at radius 3 is 2.92 bits per heavy atom. The Labute approximate surface area is 68.9 Å². The van der Waals surface area contributed by atoms with Gasteiger partial charge in [0.2, 0.25) is 0 Å². The van der Waals surface area contributed by atoms with Gasteiger partial charge in [-0.3, -0.25) is 0 Å². The summed E-state index contributed by atoms with van der Waals surface area (Å²) in [5, 5.41) is 27.7. The van der Waals surface area contributed by atoms with E-state index < -0.39 is 18.2 Å². The van der Waals surface area contributed by atoms with Gasteiger partial charge in [0, 0.05) is 0 Å². The molecule has 3 N–H and O–H groups in total. The third-order valence-electron chi connectivity index (χ3n) is 2.26. The monoisotopic (exact) mass is 170 g/mol. The molecule has 12 heavy (non-hydrogen) atoms. The summed E-state index contributed by atoms with van der Waals surface area (Å²) in [5.41, 5.74) is 0.557. The highest BCUT2D eigenvalue weighted by atomic mass is 16.3. The minimum absolute atomic E-state index is 0.193. The Balaban J connectivity index is 2.42. The van der Waals surface area contributed by atoms with Crippen molar-refractivity contribution in [3.8, 4) is 0 Å². The molecule has 0 saturated carbocycles. The molecule has 0 spiro atoms. The second kappa shape index (κ2) is 2.55. The van der Waals surface area contributed by atoms with Gasteiger partial charge >= 0.3 is 0 Å². The van der Waals surface area contributed by atoms with E-state index in [-0.39, 0.29) is 6.61 Å². The predicted molar refractivity (Wildman–Crippen MR) is 39.3 cm³/mol. The molecule has 0 saturated heterocycles. The maximum Gasteiger partial charge on any atom is 0.123 e. The third-order valence-corrected chi connectivity index (χ3v) is 2.26. The van der Waals surface area contributed by atoms with Gasteiger partial charge in [-0.25, -0.2) is 4.98 Å². The summed E-state index contributed by atoms with van der Waals surface area (Å²) in [6, 6.07) is -0.461. The molecule has 1 aliphatic rings. The van der Waals surface area contributed by atoms with Gasteiger partial charge in [0.1, 0.15) is 12.2 Å². The van der Waals surface area contributed by atoms with Crippen molar-refractivity contribution in [2.45, 2.75) is 18.2 Å². The second-order valence-corrected chi connectivity index (χ2v) is 2.91. The van der Waals surface area contributed by atoms with Crippen LogP contribution in [0, 0.1) is 0 Å². The normalized spacial score (nSPS) is 33.8. The first-order chi connectivity index (χ1) is 5.75. The van der Waals surface area contributed by atoms with Crippen LogP contribution in [0.25, 0.3) is 0 Å². The Morgan fingerprint density at radius 1 is 1.50 bits per heavy atom. The summed E-state index contributed by atoms with van der Waals surface area (Å²) in [5.74, 6) is 0. The minimum atomic E-state index is -0.926. The highest BCUT2D eigenvalue weighted by Crippen LogP contribution is 2.33. The molecule has 0 fully saturated rings. The number of fused-ring (bicyclic) bond motifs is 1. The largest absolute Gasteiger partial charge is 0.394 e. The molecule has 5 nitrogen and oxygen atoms in total. The second-order valence-electron chi connectivity index (χ2n) is 2.91.